The highest BCUT2D eigenvalue weighted by Crippen LogP contribution is 2.26. The predicted octanol–water partition coefficient (Wildman–Crippen LogP) is 2.23. The third kappa shape index (κ3) is 2.20. The zero-order chi connectivity index (χ0) is 9.97. The summed E-state index contributed by atoms with van der Waals surface area (Å²) in [6.45, 7) is 2.88. The summed E-state index contributed by atoms with van der Waals surface area (Å²) in [6, 6.07) is 5.85. The summed E-state index contributed by atoms with van der Waals surface area (Å²) >= 11 is 12.0. The summed E-state index contributed by atoms with van der Waals surface area (Å²) < 4.78 is 0. The third-order valence-corrected chi connectivity index (χ3v) is 2.95. The molecule has 0 amide bonds. The van der Waals surface area contributed by atoms with Gasteiger partial charge in [-0.3, -0.25) is 0 Å². The van der Waals surface area contributed by atoms with Crippen molar-refractivity contribution >= 4 is 23.2 Å². The second-order valence-corrected chi connectivity index (χ2v) is 4.22. The van der Waals surface area contributed by atoms with E-state index in [4.69, 9.17) is 23.2 Å². The highest BCUT2D eigenvalue weighted by Gasteiger charge is 2.16. The average molecular weight is 231 g/mol. The minimum Gasteiger partial charge on any atom is -0.314 e. The van der Waals surface area contributed by atoms with Gasteiger partial charge in [-0.15, -0.1) is 0 Å². The van der Waals surface area contributed by atoms with Gasteiger partial charge >= 0.3 is 0 Å². The highest BCUT2D eigenvalue weighted by molar-refractivity contribution is 6.33. The van der Waals surface area contributed by atoms with E-state index in [0.717, 1.165) is 35.2 Å². The molecule has 1 heterocycles. The summed E-state index contributed by atoms with van der Waals surface area (Å²) in [4.78, 5) is 0. The summed E-state index contributed by atoms with van der Waals surface area (Å²) in [5.41, 5.74) is 1.08. The second kappa shape index (κ2) is 4.49. The second-order valence-electron chi connectivity index (χ2n) is 3.38. The van der Waals surface area contributed by atoms with Gasteiger partial charge in [-0.25, -0.2) is 0 Å². The van der Waals surface area contributed by atoms with Crippen molar-refractivity contribution in [2.75, 3.05) is 19.6 Å². The first kappa shape index (κ1) is 10.2. The Kier molecular flexibility index (Phi) is 3.29. The van der Waals surface area contributed by atoms with Crippen LogP contribution < -0.4 is 10.6 Å². The summed E-state index contributed by atoms with van der Waals surface area (Å²) in [5.74, 6) is 0. The molecule has 4 heteroatoms. The van der Waals surface area contributed by atoms with Gasteiger partial charge in [0, 0.05) is 35.7 Å². The molecule has 0 saturated carbocycles. The van der Waals surface area contributed by atoms with Crippen LogP contribution >= 0.6 is 23.2 Å². The van der Waals surface area contributed by atoms with Crippen molar-refractivity contribution in [3.63, 3.8) is 0 Å². The molecule has 0 aromatic heterocycles. The van der Waals surface area contributed by atoms with E-state index in [9.17, 15) is 0 Å². The molecule has 1 atom stereocenters. The molecule has 1 saturated heterocycles. The Morgan fingerprint density at radius 2 is 2.07 bits per heavy atom. The number of piperazine rings is 1. The van der Waals surface area contributed by atoms with Crippen molar-refractivity contribution in [2.45, 2.75) is 6.04 Å². The molecule has 0 unspecified atom stereocenters. The lowest BCUT2D eigenvalue weighted by Gasteiger charge is -2.25. The maximum atomic E-state index is 6.10. The van der Waals surface area contributed by atoms with Crippen molar-refractivity contribution in [3.05, 3.63) is 33.8 Å². The zero-order valence-electron chi connectivity index (χ0n) is 7.69. The van der Waals surface area contributed by atoms with Crippen LogP contribution in [0.3, 0.4) is 0 Å². The van der Waals surface area contributed by atoms with Crippen LogP contribution in [0, 0.1) is 0 Å². The Morgan fingerprint density at radius 3 is 2.79 bits per heavy atom. The van der Waals surface area contributed by atoms with Gasteiger partial charge in [0.2, 0.25) is 0 Å². The topological polar surface area (TPSA) is 24.1 Å². The molecule has 1 aliphatic heterocycles. The van der Waals surface area contributed by atoms with E-state index in [1.807, 2.05) is 18.2 Å². The van der Waals surface area contributed by atoms with Crippen LogP contribution in [0.25, 0.3) is 0 Å². The van der Waals surface area contributed by atoms with Gasteiger partial charge in [0.15, 0.2) is 0 Å². The average Bonchev–Trinajstić information content (AvgIpc) is 2.23. The van der Waals surface area contributed by atoms with E-state index >= 15 is 0 Å². The molecule has 1 aromatic rings. The number of rotatable bonds is 1. The van der Waals surface area contributed by atoms with E-state index in [0.29, 0.717) is 0 Å². The smallest absolute Gasteiger partial charge is 0.0462 e. The monoisotopic (exact) mass is 230 g/mol. The molecule has 0 radical (unpaired) electrons. The van der Waals surface area contributed by atoms with E-state index in [2.05, 4.69) is 10.6 Å². The van der Waals surface area contributed by atoms with E-state index in [-0.39, 0.29) is 6.04 Å². The first-order valence-corrected chi connectivity index (χ1v) is 5.42. The number of hydrogen-bond acceptors (Lipinski definition) is 2. The molecule has 76 valence electrons. The lowest BCUT2D eigenvalue weighted by Crippen LogP contribution is -2.42. The summed E-state index contributed by atoms with van der Waals surface area (Å²) in [7, 11) is 0. The van der Waals surface area contributed by atoms with E-state index < -0.39 is 0 Å². The van der Waals surface area contributed by atoms with Gasteiger partial charge in [0.05, 0.1) is 0 Å². The molecular formula is C10H12Cl2N2. The van der Waals surface area contributed by atoms with Crippen LogP contribution in [0.2, 0.25) is 10.0 Å². The molecule has 2 nitrogen and oxygen atoms in total. The first-order chi connectivity index (χ1) is 6.77. The number of halogens is 2. The van der Waals surface area contributed by atoms with Crippen molar-refractivity contribution in [1.82, 2.24) is 10.6 Å². The van der Waals surface area contributed by atoms with Gasteiger partial charge in [-0.1, -0.05) is 23.2 Å². The molecule has 1 aromatic carbocycles. The molecule has 2 N–H and O–H groups in total. The van der Waals surface area contributed by atoms with Crippen molar-refractivity contribution in [2.24, 2.45) is 0 Å². The molecule has 0 aliphatic carbocycles. The highest BCUT2D eigenvalue weighted by atomic mass is 35.5. The van der Waals surface area contributed by atoms with Gasteiger partial charge in [0.25, 0.3) is 0 Å². The van der Waals surface area contributed by atoms with Gasteiger partial charge in [-0.05, 0) is 23.8 Å². The first-order valence-electron chi connectivity index (χ1n) is 4.66. The Bertz CT molecular complexity index is 322. The number of benzene rings is 1. The van der Waals surface area contributed by atoms with Crippen LogP contribution in [-0.4, -0.2) is 19.6 Å². The fraction of sp³-hybridized carbons (Fsp3) is 0.400. The molecule has 1 aliphatic rings. The lowest BCUT2D eigenvalue weighted by atomic mass is 10.1. The molecule has 14 heavy (non-hydrogen) atoms. The SMILES string of the molecule is Clc1ccc(Cl)c([C@@H]2CNCCN2)c1. The molecular weight excluding hydrogens is 219 g/mol. The Morgan fingerprint density at radius 1 is 1.21 bits per heavy atom. The Balaban J connectivity index is 2.24. The Labute approximate surface area is 93.6 Å². The van der Waals surface area contributed by atoms with Crippen LogP contribution in [-0.2, 0) is 0 Å². The maximum Gasteiger partial charge on any atom is 0.0462 e. The zero-order valence-corrected chi connectivity index (χ0v) is 9.20. The van der Waals surface area contributed by atoms with Crippen LogP contribution in [0.1, 0.15) is 11.6 Å². The molecule has 0 bridgehead atoms. The summed E-state index contributed by atoms with van der Waals surface area (Å²) in [6.07, 6.45) is 0. The lowest BCUT2D eigenvalue weighted by molar-refractivity contribution is 0.430. The maximum absolute atomic E-state index is 6.10. The minimum absolute atomic E-state index is 0.273. The summed E-state index contributed by atoms with van der Waals surface area (Å²) in [5, 5.41) is 8.22. The fourth-order valence-corrected chi connectivity index (χ4v) is 2.08. The largest absolute Gasteiger partial charge is 0.314 e. The number of hydrogen-bond donors (Lipinski definition) is 2. The van der Waals surface area contributed by atoms with Crippen LogP contribution in [0.5, 0.6) is 0 Å². The van der Waals surface area contributed by atoms with Crippen molar-refractivity contribution in [3.8, 4) is 0 Å². The fourth-order valence-electron chi connectivity index (χ4n) is 1.65. The van der Waals surface area contributed by atoms with Gasteiger partial charge < -0.3 is 10.6 Å². The molecule has 2 rings (SSSR count). The third-order valence-electron chi connectivity index (χ3n) is 2.37. The molecule has 0 spiro atoms. The Hall–Kier alpha value is -0.280. The van der Waals surface area contributed by atoms with Crippen molar-refractivity contribution in [1.29, 1.82) is 0 Å². The van der Waals surface area contributed by atoms with Gasteiger partial charge in [0.1, 0.15) is 0 Å². The van der Waals surface area contributed by atoms with Crippen LogP contribution in [0.4, 0.5) is 0 Å². The normalized spacial score (nSPS) is 22.3. The quantitative estimate of drug-likeness (QED) is 0.774. The minimum atomic E-state index is 0.273. The van der Waals surface area contributed by atoms with Crippen LogP contribution in [0.15, 0.2) is 18.2 Å². The van der Waals surface area contributed by atoms with Gasteiger partial charge in [-0.2, -0.15) is 0 Å². The number of nitrogens with one attached hydrogen (secondary N) is 2. The van der Waals surface area contributed by atoms with E-state index in [1.54, 1.807) is 0 Å². The van der Waals surface area contributed by atoms with E-state index in [1.165, 1.54) is 0 Å². The van der Waals surface area contributed by atoms with Crippen molar-refractivity contribution < 1.29 is 0 Å². The predicted molar refractivity (Wildman–Crippen MR) is 60.1 cm³/mol. The standard InChI is InChI=1S/C10H12Cl2N2/c11-7-1-2-9(12)8(5-7)10-6-13-3-4-14-10/h1-2,5,10,13-14H,3-4,6H2/t10-/m0/s1. The molecule has 1 fully saturated rings.